The molecule has 0 atom stereocenters. The first-order valence-corrected chi connectivity index (χ1v) is 7.98. The van der Waals surface area contributed by atoms with Gasteiger partial charge in [-0.25, -0.2) is 21.6 Å². The number of hydrogen-bond donors (Lipinski definition) is 2. The van der Waals surface area contributed by atoms with Crippen LogP contribution in [-0.2, 0) is 19.9 Å². The molecule has 15 heavy (non-hydrogen) atoms. The summed E-state index contributed by atoms with van der Waals surface area (Å²) < 4.78 is 46.1. The van der Waals surface area contributed by atoms with E-state index in [0.717, 1.165) is 6.26 Å². The van der Waals surface area contributed by atoms with Gasteiger partial charge in [0.1, 0.15) is 9.84 Å². The highest BCUT2D eigenvalue weighted by atomic mass is 32.2. The Kier molecular flexibility index (Phi) is 6.03. The van der Waals surface area contributed by atoms with E-state index in [9.17, 15) is 16.8 Å². The molecule has 8 heteroatoms. The van der Waals surface area contributed by atoms with Crippen LogP contribution in [0.25, 0.3) is 0 Å². The molecule has 6 nitrogen and oxygen atoms in total. The minimum atomic E-state index is -3.52. The summed E-state index contributed by atoms with van der Waals surface area (Å²) in [6.45, 7) is 0.467. The number of rotatable bonds is 7. The summed E-state index contributed by atoms with van der Waals surface area (Å²) in [7, 11) is -6.77. The maximum atomic E-state index is 11.2. The Bertz CT molecular complexity index is 397. The maximum Gasteiger partial charge on any atom is 0.212 e. The lowest BCUT2D eigenvalue weighted by atomic mass is 10.5. The lowest BCUT2D eigenvalue weighted by Gasteiger charge is -2.02. The van der Waals surface area contributed by atoms with E-state index >= 15 is 0 Å². The van der Waals surface area contributed by atoms with Crippen molar-refractivity contribution in [3.05, 3.63) is 12.2 Å². The topological polar surface area (TPSA) is 106 Å². The van der Waals surface area contributed by atoms with Crippen LogP contribution < -0.4 is 10.5 Å². The fourth-order valence-corrected chi connectivity index (χ4v) is 3.27. The summed E-state index contributed by atoms with van der Waals surface area (Å²) in [6.07, 6.45) is 4.17. The van der Waals surface area contributed by atoms with Crippen molar-refractivity contribution in [1.29, 1.82) is 0 Å². The Morgan fingerprint density at radius 3 is 2.20 bits per heavy atom. The zero-order chi connectivity index (χ0) is 11.9. The summed E-state index contributed by atoms with van der Waals surface area (Å²) in [6, 6.07) is 0. The molecule has 0 radical (unpaired) electrons. The normalized spacial score (nSPS) is 13.5. The summed E-state index contributed by atoms with van der Waals surface area (Å²) in [4.78, 5) is 0. The second kappa shape index (κ2) is 6.21. The lowest BCUT2D eigenvalue weighted by Crippen LogP contribution is -2.29. The molecule has 0 aliphatic heterocycles. The Labute approximate surface area is 90.5 Å². The van der Waals surface area contributed by atoms with Gasteiger partial charge in [-0.1, -0.05) is 12.2 Å². The van der Waals surface area contributed by atoms with Crippen LogP contribution in [0.4, 0.5) is 0 Å². The van der Waals surface area contributed by atoms with Crippen molar-refractivity contribution in [3.8, 4) is 0 Å². The third-order valence-electron chi connectivity index (χ3n) is 1.45. The molecule has 0 fully saturated rings. The van der Waals surface area contributed by atoms with Gasteiger partial charge in [0.2, 0.25) is 10.0 Å². The molecule has 0 aliphatic carbocycles. The van der Waals surface area contributed by atoms with Crippen LogP contribution in [0.2, 0.25) is 0 Å². The molecule has 0 heterocycles. The van der Waals surface area contributed by atoms with E-state index in [-0.39, 0.29) is 12.3 Å². The van der Waals surface area contributed by atoms with Crippen LogP contribution in [0.3, 0.4) is 0 Å². The van der Waals surface area contributed by atoms with E-state index in [4.69, 9.17) is 5.73 Å². The van der Waals surface area contributed by atoms with Gasteiger partial charge in [-0.15, -0.1) is 0 Å². The highest BCUT2D eigenvalue weighted by Crippen LogP contribution is 1.89. The van der Waals surface area contributed by atoms with Gasteiger partial charge >= 0.3 is 0 Å². The second-order valence-electron chi connectivity index (χ2n) is 3.00. The van der Waals surface area contributed by atoms with Gasteiger partial charge in [0.15, 0.2) is 0 Å². The SMILES string of the molecule is CS(=O)(=O)CCS(=O)(=O)NC/C=C/CN. The fourth-order valence-electron chi connectivity index (χ4n) is 0.688. The summed E-state index contributed by atoms with van der Waals surface area (Å²) in [5.41, 5.74) is 5.15. The number of nitrogens with two attached hydrogens (primary N) is 1. The molecule has 3 N–H and O–H groups in total. The molecule has 0 aromatic heterocycles. The number of hydrogen-bond acceptors (Lipinski definition) is 5. The first-order valence-electron chi connectivity index (χ1n) is 4.27. The van der Waals surface area contributed by atoms with Gasteiger partial charge in [-0.05, 0) is 0 Å². The summed E-state index contributed by atoms with van der Waals surface area (Å²) >= 11 is 0. The Hall–Kier alpha value is -0.440. The molecule has 0 aromatic carbocycles. The molecule has 0 spiro atoms. The molecule has 0 aromatic rings. The van der Waals surface area contributed by atoms with Crippen LogP contribution in [0.5, 0.6) is 0 Å². The first-order chi connectivity index (χ1) is 6.77. The van der Waals surface area contributed by atoms with Crippen LogP contribution in [0.1, 0.15) is 0 Å². The standard InChI is InChI=1S/C7H16N2O4S2/c1-14(10,11)6-7-15(12,13)9-5-3-2-4-8/h2-3,9H,4-8H2,1H3/b3-2+. The van der Waals surface area contributed by atoms with E-state index in [0.29, 0.717) is 6.54 Å². The van der Waals surface area contributed by atoms with Gasteiger partial charge in [-0.2, -0.15) is 0 Å². The third kappa shape index (κ3) is 9.85. The zero-order valence-corrected chi connectivity index (χ0v) is 10.1. The monoisotopic (exact) mass is 256 g/mol. The summed E-state index contributed by atoms with van der Waals surface area (Å²) in [5, 5.41) is 0. The largest absolute Gasteiger partial charge is 0.327 e. The molecular formula is C7H16N2O4S2. The third-order valence-corrected chi connectivity index (χ3v) is 4.00. The van der Waals surface area contributed by atoms with Crippen molar-refractivity contribution in [2.45, 2.75) is 0 Å². The van der Waals surface area contributed by atoms with Gasteiger partial charge in [0, 0.05) is 19.3 Å². The zero-order valence-electron chi connectivity index (χ0n) is 8.51. The van der Waals surface area contributed by atoms with E-state index in [2.05, 4.69) is 4.72 Å². The highest BCUT2D eigenvalue weighted by molar-refractivity contribution is 7.93. The van der Waals surface area contributed by atoms with E-state index in [1.54, 1.807) is 12.2 Å². The molecule has 0 aliphatic rings. The smallest absolute Gasteiger partial charge is 0.212 e. The van der Waals surface area contributed by atoms with Crippen LogP contribution in [-0.4, -0.2) is 47.7 Å². The minimum absolute atomic E-state index is 0.128. The van der Waals surface area contributed by atoms with Crippen molar-refractivity contribution >= 4 is 19.9 Å². The van der Waals surface area contributed by atoms with Crippen LogP contribution >= 0.6 is 0 Å². The molecule has 90 valence electrons. The summed E-state index contributed by atoms with van der Waals surface area (Å²) in [5.74, 6) is -0.786. The average Bonchev–Trinajstić information content (AvgIpc) is 2.09. The van der Waals surface area contributed by atoms with Crippen LogP contribution in [0, 0.1) is 0 Å². The van der Waals surface area contributed by atoms with Gasteiger partial charge in [-0.3, -0.25) is 0 Å². The minimum Gasteiger partial charge on any atom is -0.327 e. The first kappa shape index (κ1) is 14.6. The Morgan fingerprint density at radius 2 is 1.73 bits per heavy atom. The van der Waals surface area contributed by atoms with Crippen molar-refractivity contribution in [3.63, 3.8) is 0 Å². The predicted molar refractivity (Wildman–Crippen MR) is 59.7 cm³/mol. The molecule has 0 rings (SSSR count). The van der Waals surface area contributed by atoms with Gasteiger partial charge in [0.05, 0.1) is 11.5 Å². The molecule has 0 saturated carbocycles. The van der Waals surface area contributed by atoms with Gasteiger partial charge in [0.25, 0.3) is 0 Å². The molecule has 0 amide bonds. The van der Waals surface area contributed by atoms with Crippen molar-refractivity contribution < 1.29 is 16.8 Å². The van der Waals surface area contributed by atoms with Crippen molar-refractivity contribution in [1.82, 2.24) is 4.72 Å². The average molecular weight is 256 g/mol. The Balaban J connectivity index is 4.04. The highest BCUT2D eigenvalue weighted by Gasteiger charge is 2.12. The van der Waals surface area contributed by atoms with Crippen LogP contribution in [0.15, 0.2) is 12.2 Å². The fraction of sp³-hybridized carbons (Fsp3) is 0.714. The molecule has 0 unspecified atom stereocenters. The molecule has 0 saturated heterocycles. The van der Waals surface area contributed by atoms with E-state index in [1.807, 2.05) is 0 Å². The van der Waals surface area contributed by atoms with Crippen molar-refractivity contribution in [2.24, 2.45) is 5.73 Å². The number of nitrogens with one attached hydrogen (secondary N) is 1. The molecule has 0 bridgehead atoms. The maximum absolute atomic E-state index is 11.2. The van der Waals surface area contributed by atoms with E-state index < -0.39 is 25.6 Å². The quantitative estimate of drug-likeness (QED) is 0.537. The predicted octanol–water partition coefficient (Wildman–Crippen LogP) is -1.53. The Morgan fingerprint density at radius 1 is 1.13 bits per heavy atom. The number of sulfonamides is 1. The van der Waals surface area contributed by atoms with Gasteiger partial charge < -0.3 is 5.73 Å². The van der Waals surface area contributed by atoms with E-state index in [1.165, 1.54) is 0 Å². The lowest BCUT2D eigenvalue weighted by molar-refractivity contribution is 0.582. The second-order valence-corrected chi connectivity index (χ2v) is 7.19. The number of sulfone groups is 1. The molecular weight excluding hydrogens is 240 g/mol. The van der Waals surface area contributed by atoms with Crippen molar-refractivity contribution in [2.75, 3.05) is 30.9 Å².